The maximum absolute atomic E-state index is 12.7. The molecule has 0 radical (unpaired) electrons. The predicted octanol–water partition coefficient (Wildman–Crippen LogP) is 3.72. The molecule has 8 heteroatoms. The van der Waals surface area contributed by atoms with Crippen molar-refractivity contribution in [2.75, 3.05) is 42.4 Å². The first-order chi connectivity index (χ1) is 14.5. The molecule has 1 N–H and O–H groups in total. The Morgan fingerprint density at radius 2 is 1.83 bits per heavy atom. The molecule has 0 atom stereocenters. The van der Waals surface area contributed by atoms with Crippen LogP contribution in [0.2, 0.25) is 0 Å². The van der Waals surface area contributed by atoms with E-state index in [0.717, 1.165) is 26.9 Å². The lowest BCUT2D eigenvalue weighted by Crippen LogP contribution is -2.38. The van der Waals surface area contributed by atoms with Crippen LogP contribution in [0.5, 0.6) is 0 Å². The van der Waals surface area contributed by atoms with Crippen molar-refractivity contribution in [3.05, 3.63) is 48.5 Å². The lowest BCUT2D eigenvalue weighted by atomic mass is 10.2. The molecule has 30 heavy (non-hydrogen) atoms. The zero-order chi connectivity index (χ0) is 21.5. The van der Waals surface area contributed by atoms with Crippen LogP contribution in [-0.2, 0) is 14.4 Å². The number of benzene rings is 2. The highest BCUT2D eigenvalue weighted by atomic mass is 32.2. The Morgan fingerprint density at radius 1 is 1.10 bits per heavy atom. The molecule has 3 amide bonds. The molecule has 1 heterocycles. The van der Waals surface area contributed by atoms with Crippen LogP contribution in [-0.4, -0.2) is 54.8 Å². The van der Waals surface area contributed by atoms with Crippen molar-refractivity contribution in [1.29, 1.82) is 0 Å². The molecule has 3 rings (SSSR count). The lowest BCUT2D eigenvalue weighted by Gasteiger charge is -2.29. The van der Waals surface area contributed by atoms with Gasteiger partial charge in [-0.25, -0.2) is 0 Å². The van der Waals surface area contributed by atoms with Gasteiger partial charge in [0, 0.05) is 42.0 Å². The number of rotatable bonds is 7. The van der Waals surface area contributed by atoms with Gasteiger partial charge in [-0.2, -0.15) is 0 Å². The smallest absolute Gasteiger partial charge is 0.244 e. The number of amides is 3. The van der Waals surface area contributed by atoms with E-state index in [2.05, 4.69) is 5.32 Å². The Balaban J connectivity index is 1.50. The van der Waals surface area contributed by atoms with E-state index in [0.29, 0.717) is 6.54 Å². The number of anilines is 2. The molecule has 0 aliphatic carbocycles. The summed E-state index contributed by atoms with van der Waals surface area (Å²) in [6.45, 7) is 0.584. The van der Waals surface area contributed by atoms with E-state index in [1.165, 1.54) is 4.90 Å². The summed E-state index contributed by atoms with van der Waals surface area (Å²) in [5, 5.41) is 2.84. The number of fused-ring (bicyclic) bond motifs is 1. The Hall–Kier alpha value is -2.45. The first-order valence-corrected chi connectivity index (χ1v) is 11.9. The van der Waals surface area contributed by atoms with E-state index in [-0.39, 0.29) is 37.1 Å². The number of nitrogens with one attached hydrogen (secondary N) is 1. The van der Waals surface area contributed by atoms with Gasteiger partial charge >= 0.3 is 0 Å². The molecule has 0 saturated carbocycles. The lowest BCUT2D eigenvalue weighted by molar-refractivity contribution is -0.134. The SMILES string of the molecule is CSc1ccccc1NC(=O)CN(C)C(=O)CCC(=O)N1CCSc2ccccc21. The second-order valence-corrected chi connectivity index (χ2v) is 8.84. The van der Waals surface area contributed by atoms with E-state index in [1.807, 2.05) is 54.8 Å². The zero-order valence-corrected chi connectivity index (χ0v) is 18.7. The van der Waals surface area contributed by atoms with E-state index in [4.69, 9.17) is 0 Å². The summed E-state index contributed by atoms with van der Waals surface area (Å²) in [6, 6.07) is 15.3. The molecule has 0 unspecified atom stereocenters. The third-order valence-corrected chi connectivity index (χ3v) is 6.61. The van der Waals surface area contributed by atoms with Crippen molar-refractivity contribution < 1.29 is 14.4 Å². The highest BCUT2D eigenvalue weighted by Gasteiger charge is 2.23. The fourth-order valence-electron chi connectivity index (χ4n) is 3.21. The largest absolute Gasteiger partial charge is 0.336 e. The molecular formula is C22H25N3O3S2. The normalized spacial score (nSPS) is 12.8. The van der Waals surface area contributed by atoms with Crippen LogP contribution in [0.3, 0.4) is 0 Å². The van der Waals surface area contributed by atoms with Gasteiger partial charge in [-0.05, 0) is 30.5 Å². The van der Waals surface area contributed by atoms with E-state index in [1.54, 1.807) is 35.5 Å². The zero-order valence-electron chi connectivity index (χ0n) is 17.1. The fraction of sp³-hybridized carbons (Fsp3) is 0.318. The first kappa shape index (κ1) is 22.2. The van der Waals surface area contributed by atoms with Crippen LogP contribution in [0, 0.1) is 0 Å². The summed E-state index contributed by atoms with van der Waals surface area (Å²) in [4.78, 5) is 42.6. The van der Waals surface area contributed by atoms with Gasteiger partial charge in [0.1, 0.15) is 0 Å². The minimum absolute atomic E-state index is 0.0566. The third kappa shape index (κ3) is 5.58. The Kier molecular flexibility index (Phi) is 7.81. The Labute approximate surface area is 185 Å². The summed E-state index contributed by atoms with van der Waals surface area (Å²) < 4.78 is 0. The minimum atomic E-state index is -0.263. The number of carbonyl (C=O) groups is 3. The molecule has 158 valence electrons. The van der Waals surface area contributed by atoms with Crippen LogP contribution >= 0.6 is 23.5 Å². The number of likely N-dealkylation sites (N-methyl/N-ethyl adjacent to an activating group) is 1. The van der Waals surface area contributed by atoms with Crippen LogP contribution in [0.25, 0.3) is 0 Å². The Bertz CT molecular complexity index is 935. The number of carbonyl (C=O) groups excluding carboxylic acids is 3. The van der Waals surface area contributed by atoms with Gasteiger partial charge in [0.05, 0.1) is 17.9 Å². The third-order valence-electron chi connectivity index (χ3n) is 4.77. The molecule has 0 aromatic heterocycles. The van der Waals surface area contributed by atoms with E-state index >= 15 is 0 Å². The molecule has 6 nitrogen and oxygen atoms in total. The van der Waals surface area contributed by atoms with Gasteiger partial charge in [0.25, 0.3) is 0 Å². The monoisotopic (exact) mass is 443 g/mol. The van der Waals surface area contributed by atoms with Gasteiger partial charge < -0.3 is 15.1 Å². The molecule has 0 fully saturated rings. The molecule has 1 aliphatic heterocycles. The van der Waals surface area contributed by atoms with Crippen molar-refractivity contribution in [2.45, 2.75) is 22.6 Å². The standard InChI is InChI=1S/C22H25N3O3S2/c1-24(15-20(26)23-16-7-3-5-9-18(16)29-2)21(27)11-12-22(28)25-13-14-30-19-10-6-4-8-17(19)25/h3-10H,11-15H2,1-2H3,(H,23,26). The maximum atomic E-state index is 12.7. The average molecular weight is 444 g/mol. The van der Waals surface area contributed by atoms with Crippen LogP contribution in [0.4, 0.5) is 11.4 Å². The van der Waals surface area contributed by atoms with Crippen molar-refractivity contribution >= 4 is 52.6 Å². The predicted molar refractivity (Wildman–Crippen MR) is 123 cm³/mol. The van der Waals surface area contributed by atoms with Gasteiger partial charge in [-0.1, -0.05) is 24.3 Å². The van der Waals surface area contributed by atoms with Crippen molar-refractivity contribution in [3.63, 3.8) is 0 Å². The molecule has 0 bridgehead atoms. The second-order valence-electron chi connectivity index (χ2n) is 6.86. The molecule has 2 aromatic rings. The van der Waals surface area contributed by atoms with Gasteiger partial charge in [0.2, 0.25) is 17.7 Å². The van der Waals surface area contributed by atoms with E-state index < -0.39 is 0 Å². The number of hydrogen-bond donors (Lipinski definition) is 1. The number of para-hydroxylation sites is 2. The summed E-state index contributed by atoms with van der Waals surface area (Å²) in [5.74, 6) is 0.286. The molecular weight excluding hydrogens is 418 g/mol. The number of thioether (sulfide) groups is 2. The second kappa shape index (κ2) is 10.5. The van der Waals surface area contributed by atoms with Crippen molar-refractivity contribution in [2.24, 2.45) is 0 Å². The molecule has 1 aliphatic rings. The van der Waals surface area contributed by atoms with Gasteiger partial charge in [-0.3, -0.25) is 14.4 Å². The highest BCUT2D eigenvalue weighted by molar-refractivity contribution is 7.99. The highest BCUT2D eigenvalue weighted by Crippen LogP contribution is 2.34. The van der Waals surface area contributed by atoms with Crippen LogP contribution < -0.4 is 10.2 Å². The maximum Gasteiger partial charge on any atom is 0.244 e. The topological polar surface area (TPSA) is 69.7 Å². The minimum Gasteiger partial charge on any atom is -0.336 e. The average Bonchev–Trinajstić information content (AvgIpc) is 2.77. The van der Waals surface area contributed by atoms with Gasteiger partial charge in [-0.15, -0.1) is 23.5 Å². The first-order valence-electron chi connectivity index (χ1n) is 9.68. The molecule has 0 saturated heterocycles. The van der Waals surface area contributed by atoms with Crippen molar-refractivity contribution in [1.82, 2.24) is 4.90 Å². The number of nitrogens with zero attached hydrogens (tertiary/aromatic N) is 2. The fourth-order valence-corrected chi connectivity index (χ4v) is 4.76. The molecule has 2 aromatic carbocycles. The van der Waals surface area contributed by atoms with Crippen LogP contribution in [0.1, 0.15) is 12.8 Å². The summed E-state index contributed by atoms with van der Waals surface area (Å²) in [5.41, 5.74) is 1.64. The summed E-state index contributed by atoms with van der Waals surface area (Å²) >= 11 is 3.28. The van der Waals surface area contributed by atoms with Gasteiger partial charge in [0.15, 0.2) is 0 Å². The van der Waals surface area contributed by atoms with Crippen molar-refractivity contribution in [3.8, 4) is 0 Å². The summed E-state index contributed by atoms with van der Waals surface area (Å²) in [7, 11) is 1.58. The quantitative estimate of drug-likeness (QED) is 0.661. The number of hydrogen-bond acceptors (Lipinski definition) is 5. The summed E-state index contributed by atoms with van der Waals surface area (Å²) in [6.07, 6.45) is 2.14. The molecule has 0 spiro atoms. The van der Waals surface area contributed by atoms with E-state index in [9.17, 15) is 14.4 Å². The van der Waals surface area contributed by atoms with Crippen LogP contribution in [0.15, 0.2) is 58.3 Å². The Morgan fingerprint density at radius 3 is 2.63 bits per heavy atom.